The summed E-state index contributed by atoms with van der Waals surface area (Å²) in [6, 6.07) is 4.26. The maximum absolute atomic E-state index is 12.2. The third-order valence-electron chi connectivity index (χ3n) is 3.73. The van der Waals surface area contributed by atoms with Gasteiger partial charge in [-0.2, -0.15) is 0 Å². The SMILES string of the molecule is CCC(CC)[C@@H](NC(=O)CCn1ccnn1)c1cccs1. The number of hydrogen-bond acceptors (Lipinski definition) is 4. The summed E-state index contributed by atoms with van der Waals surface area (Å²) in [7, 11) is 0. The van der Waals surface area contributed by atoms with Gasteiger partial charge in [0.15, 0.2) is 0 Å². The van der Waals surface area contributed by atoms with E-state index in [4.69, 9.17) is 0 Å². The third-order valence-corrected chi connectivity index (χ3v) is 4.68. The number of aryl methyl sites for hydroxylation is 1. The number of hydrogen-bond donors (Lipinski definition) is 1. The second-order valence-corrected chi connectivity index (χ2v) is 6.03. The van der Waals surface area contributed by atoms with Gasteiger partial charge >= 0.3 is 0 Å². The lowest BCUT2D eigenvalue weighted by Gasteiger charge is -2.25. The van der Waals surface area contributed by atoms with Crippen molar-refractivity contribution in [2.45, 2.75) is 45.7 Å². The highest BCUT2D eigenvalue weighted by atomic mass is 32.1. The number of aromatic nitrogens is 3. The fourth-order valence-corrected chi connectivity index (χ4v) is 3.33. The van der Waals surface area contributed by atoms with Crippen molar-refractivity contribution in [1.29, 1.82) is 0 Å². The Bertz CT molecular complexity index is 520. The van der Waals surface area contributed by atoms with Gasteiger partial charge in [-0.3, -0.25) is 9.48 Å². The van der Waals surface area contributed by atoms with Crippen molar-refractivity contribution in [2.75, 3.05) is 0 Å². The van der Waals surface area contributed by atoms with E-state index < -0.39 is 0 Å². The molecular weight excluding hydrogens is 284 g/mol. The summed E-state index contributed by atoms with van der Waals surface area (Å²) in [5.74, 6) is 0.537. The molecule has 0 bridgehead atoms. The molecule has 0 unspecified atom stereocenters. The van der Waals surface area contributed by atoms with Crippen molar-refractivity contribution in [3.8, 4) is 0 Å². The summed E-state index contributed by atoms with van der Waals surface area (Å²) in [6.45, 7) is 4.92. The van der Waals surface area contributed by atoms with Crippen LogP contribution in [0.25, 0.3) is 0 Å². The topological polar surface area (TPSA) is 59.8 Å². The molecule has 0 aliphatic carbocycles. The summed E-state index contributed by atoms with van der Waals surface area (Å²) in [4.78, 5) is 13.4. The highest BCUT2D eigenvalue weighted by Crippen LogP contribution is 2.30. The summed E-state index contributed by atoms with van der Waals surface area (Å²) >= 11 is 1.71. The second kappa shape index (κ2) is 7.93. The van der Waals surface area contributed by atoms with Gasteiger partial charge in [-0.05, 0) is 17.4 Å². The Morgan fingerprint density at radius 3 is 2.81 bits per heavy atom. The highest BCUT2D eigenvalue weighted by molar-refractivity contribution is 7.10. The lowest BCUT2D eigenvalue weighted by atomic mass is 9.93. The van der Waals surface area contributed by atoms with Crippen molar-refractivity contribution < 1.29 is 4.79 Å². The van der Waals surface area contributed by atoms with E-state index in [2.05, 4.69) is 40.9 Å². The van der Waals surface area contributed by atoms with Crippen LogP contribution in [0.2, 0.25) is 0 Å². The van der Waals surface area contributed by atoms with E-state index in [1.54, 1.807) is 28.4 Å². The van der Waals surface area contributed by atoms with Crippen molar-refractivity contribution >= 4 is 17.2 Å². The van der Waals surface area contributed by atoms with Crippen molar-refractivity contribution in [3.05, 3.63) is 34.8 Å². The van der Waals surface area contributed by atoms with Gasteiger partial charge in [-0.15, -0.1) is 16.4 Å². The molecule has 6 heteroatoms. The van der Waals surface area contributed by atoms with Gasteiger partial charge in [-0.25, -0.2) is 0 Å². The molecule has 1 amide bonds. The first-order chi connectivity index (χ1) is 10.2. The van der Waals surface area contributed by atoms with E-state index in [0.29, 0.717) is 18.9 Å². The highest BCUT2D eigenvalue weighted by Gasteiger charge is 2.23. The molecule has 0 saturated heterocycles. The first-order valence-electron chi connectivity index (χ1n) is 7.41. The molecule has 2 aromatic rings. The lowest BCUT2D eigenvalue weighted by Crippen LogP contribution is -2.33. The molecule has 1 atom stereocenters. The number of amides is 1. The van der Waals surface area contributed by atoms with Crippen LogP contribution in [0, 0.1) is 5.92 Å². The minimum Gasteiger partial charge on any atom is -0.348 e. The van der Waals surface area contributed by atoms with Gasteiger partial charge in [0.05, 0.1) is 18.8 Å². The van der Waals surface area contributed by atoms with Crippen LogP contribution < -0.4 is 5.32 Å². The van der Waals surface area contributed by atoms with Crippen LogP contribution in [0.5, 0.6) is 0 Å². The number of nitrogens with one attached hydrogen (secondary N) is 1. The number of thiophene rings is 1. The molecule has 1 N–H and O–H groups in total. The van der Waals surface area contributed by atoms with Crippen LogP contribution in [0.15, 0.2) is 29.9 Å². The summed E-state index contributed by atoms with van der Waals surface area (Å²) < 4.78 is 1.68. The Balaban J connectivity index is 1.96. The Kier molecular flexibility index (Phi) is 5.92. The van der Waals surface area contributed by atoms with Crippen molar-refractivity contribution in [3.63, 3.8) is 0 Å². The quantitative estimate of drug-likeness (QED) is 0.815. The Labute approximate surface area is 129 Å². The first-order valence-corrected chi connectivity index (χ1v) is 8.29. The maximum atomic E-state index is 12.2. The zero-order valence-corrected chi connectivity index (χ0v) is 13.3. The summed E-state index contributed by atoms with van der Waals surface area (Å²) in [5.41, 5.74) is 0. The maximum Gasteiger partial charge on any atom is 0.222 e. The third kappa shape index (κ3) is 4.39. The zero-order chi connectivity index (χ0) is 15.1. The molecule has 0 aromatic carbocycles. The van der Waals surface area contributed by atoms with E-state index in [9.17, 15) is 4.79 Å². The van der Waals surface area contributed by atoms with E-state index in [1.807, 2.05) is 6.07 Å². The standard InChI is InChI=1S/C15H22N4OS/c1-3-12(4-2)15(13-6-5-11-21-13)17-14(20)7-9-19-10-8-16-18-19/h5-6,8,10-12,15H,3-4,7,9H2,1-2H3,(H,17,20)/t15-/m1/s1. The van der Waals surface area contributed by atoms with Gasteiger partial charge in [-0.1, -0.05) is 38.0 Å². The Hall–Kier alpha value is -1.69. The monoisotopic (exact) mass is 306 g/mol. The number of carbonyl (C=O) groups is 1. The molecule has 0 saturated carbocycles. The minimum absolute atomic E-state index is 0.0656. The molecule has 0 aliphatic rings. The lowest BCUT2D eigenvalue weighted by molar-refractivity contribution is -0.122. The predicted octanol–water partition coefficient (Wildman–Crippen LogP) is 3.02. The van der Waals surface area contributed by atoms with Gasteiger partial charge < -0.3 is 5.32 Å². The van der Waals surface area contributed by atoms with Crippen molar-refractivity contribution in [1.82, 2.24) is 20.3 Å². The molecule has 2 rings (SSSR count). The number of nitrogens with zero attached hydrogens (tertiary/aromatic N) is 3. The Morgan fingerprint density at radius 2 is 2.24 bits per heavy atom. The number of carbonyl (C=O) groups excluding carboxylic acids is 1. The molecule has 0 fully saturated rings. The van der Waals surface area contributed by atoms with Gasteiger partial charge in [0, 0.05) is 17.5 Å². The molecular formula is C15H22N4OS. The smallest absolute Gasteiger partial charge is 0.222 e. The average Bonchev–Trinajstić information content (AvgIpc) is 3.18. The van der Waals surface area contributed by atoms with Crippen LogP contribution >= 0.6 is 11.3 Å². The summed E-state index contributed by atoms with van der Waals surface area (Å²) in [6.07, 6.45) is 5.93. The second-order valence-electron chi connectivity index (χ2n) is 5.05. The van der Waals surface area contributed by atoms with Crippen LogP contribution in [-0.2, 0) is 11.3 Å². The van der Waals surface area contributed by atoms with Gasteiger partial charge in [0.25, 0.3) is 0 Å². The largest absolute Gasteiger partial charge is 0.348 e. The molecule has 0 spiro atoms. The molecule has 114 valence electrons. The number of rotatable bonds is 8. The van der Waals surface area contributed by atoms with E-state index in [0.717, 1.165) is 12.8 Å². The fourth-order valence-electron chi connectivity index (χ4n) is 2.46. The van der Waals surface area contributed by atoms with E-state index in [-0.39, 0.29) is 11.9 Å². The zero-order valence-electron chi connectivity index (χ0n) is 12.5. The minimum atomic E-state index is 0.0656. The molecule has 0 aliphatic heterocycles. The van der Waals surface area contributed by atoms with Crippen LogP contribution in [0.4, 0.5) is 0 Å². The average molecular weight is 306 g/mol. The van der Waals surface area contributed by atoms with Gasteiger partial charge in [0.1, 0.15) is 0 Å². The van der Waals surface area contributed by atoms with Gasteiger partial charge in [0.2, 0.25) is 5.91 Å². The van der Waals surface area contributed by atoms with Crippen molar-refractivity contribution in [2.24, 2.45) is 5.92 Å². The van der Waals surface area contributed by atoms with E-state index in [1.165, 1.54) is 4.88 Å². The molecule has 5 nitrogen and oxygen atoms in total. The molecule has 2 aromatic heterocycles. The fraction of sp³-hybridized carbons (Fsp3) is 0.533. The first kappa shape index (κ1) is 15.7. The Morgan fingerprint density at radius 1 is 1.43 bits per heavy atom. The normalized spacial score (nSPS) is 12.5. The molecule has 2 heterocycles. The predicted molar refractivity (Wildman–Crippen MR) is 83.9 cm³/mol. The van der Waals surface area contributed by atoms with Crippen LogP contribution in [0.3, 0.4) is 0 Å². The molecule has 21 heavy (non-hydrogen) atoms. The van der Waals surface area contributed by atoms with Crippen LogP contribution in [0.1, 0.15) is 44.0 Å². The van der Waals surface area contributed by atoms with E-state index >= 15 is 0 Å². The molecule has 0 radical (unpaired) electrons. The summed E-state index contributed by atoms with van der Waals surface area (Å²) in [5, 5.41) is 12.9. The van der Waals surface area contributed by atoms with Crippen LogP contribution in [-0.4, -0.2) is 20.9 Å².